The lowest BCUT2D eigenvalue weighted by molar-refractivity contribution is 0.0752. The Kier molecular flexibility index (Phi) is 3.44. The molecule has 0 aliphatic heterocycles. The zero-order chi connectivity index (χ0) is 14.5. The zero-order valence-electron chi connectivity index (χ0n) is 11.7. The van der Waals surface area contributed by atoms with Crippen LogP contribution < -0.4 is 5.32 Å². The predicted molar refractivity (Wildman–Crippen MR) is 71.5 cm³/mol. The van der Waals surface area contributed by atoms with E-state index in [1.165, 1.54) is 6.42 Å². The molecule has 6 atom stereocenters. The Balaban J connectivity index is 1.65. The molecule has 20 heavy (non-hydrogen) atoms. The van der Waals surface area contributed by atoms with E-state index in [4.69, 9.17) is 8.92 Å². The van der Waals surface area contributed by atoms with E-state index < -0.39 is 10.1 Å². The molecule has 1 amide bonds. The Morgan fingerprint density at radius 2 is 1.75 bits per heavy atom. The van der Waals surface area contributed by atoms with Gasteiger partial charge in [-0.15, -0.1) is 0 Å². The van der Waals surface area contributed by atoms with Crippen LogP contribution in [0.3, 0.4) is 0 Å². The second-order valence-electron chi connectivity index (χ2n) is 6.18. The second kappa shape index (κ2) is 4.87. The zero-order valence-corrected chi connectivity index (χ0v) is 12.6. The number of fused-ring (bicyclic) bond motifs is 5. The van der Waals surface area contributed by atoms with Crippen LogP contribution in [0.4, 0.5) is 4.79 Å². The van der Waals surface area contributed by atoms with Gasteiger partial charge in [0.25, 0.3) is 10.1 Å². The van der Waals surface area contributed by atoms with Gasteiger partial charge in [-0.25, -0.2) is 4.79 Å². The summed E-state index contributed by atoms with van der Waals surface area (Å²) in [5.74, 6) is 1.91. The molecule has 0 spiro atoms. The van der Waals surface area contributed by atoms with E-state index in [1.807, 2.05) is 0 Å². The van der Waals surface area contributed by atoms with E-state index in [0.29, 0.717) is 43.1 Å². The van der Waals surface area contributed by atoms with Crippen molar-refractivity contribution in [3.05, 3.63) is 0 Å². The molecular formula is C13H21NO5S. The Bertz CT molecular complexity index is 487. The summed E-state index contributed by atoms with van der Waals surface area (Å²) in [7, 11) is -3.41. The molecule has 0 radical (unpaired) electrons. The van der Waals surface area contributed by atoms with Crippen molar-refractivity contribution in [2.24, 2.45) is 23.7 Å². The van der Waals surface area contributed by atoms with Gasteiger partial charge in [0.2, 0.25) is 0 Å². The minimum absolute atomic E-state index is 0.122. The van der Waals surface area contributed by atoms with Crippen LogP contribution in [0.5, 0.6) is 0 Å². The molecule has 3 saturated carbocycles. The number of hydrogen-bond donors (Lipinski definition) is 1. The van der Waals surface area contributed by atoms with E-state index >= 15 is 0 Å². The summed E-state index contributed by atoms with van der Waals surface area (Å²) in [5.41, 5.74) is 0. The highest BCUT2D eigenvalue weighted by atomic mass is 32.2. The van der Waals surface area contributed by atoms with E-state index in [-0.39, 0.29) is 18.2 Å². The van der Waals surface area contributed by atoms with Gasteiger partial charge in [-0.1, -0.05) is 0 Å². The summed E-state index contributed by atoms with van der Waals surface area (Å²) < 4.78 is 32.6. The summed E-state index contributed by atoms with van der Waals surface area (Å²) in [6.07, 6.45) is 3.13. The fourth-order valence-corrected chi connectivity index (χ4v) is 4.92. The minimum Gasteiger partial charge on any atom is -0.450 e. The molecule has 4 unspecified atom stereocenters. The highest BCUT2D eigenvalue weighted by molar-refractivity contribution is 7.86. The standard InChI is InChI=1S/C13H21NO5S/c1-3-18-13(15)14-12-10-4-7(19-20(2,16)17)5-11(12)9-6-8(9)10/h7-12H,3-6H2,1-2H3,(H,14,15)/t7?,8-,9+,10?,11?,12?. The van der Waals surface area contributed by atoms with Crippen LogP contribution in [0, 0.1) is 23.7 Å². The molecule has 114 valence electrons. The van der Waals surface area contributed by atoms with Crippen LogP contribution in [-0.2, 0) is 19.0 Å². The molecule has 0 aromatic rings. The average Bonchev–Trinajstić information content (AvgIpc) is 3.04. The minimum atomic E-state index is -3.41. The normalized spacial score (nSPS) is 41.9. The van der Waals surface area contributed by atoms with Crippen molar-refractivity contribution in [2.75, 3.05) is 12.9 Å². The van der Waals surface area contributed by atoms with Gasteiger partial charge in [0, 0.05) is 6.04 Å². The first-order valence-electron chi connectivity index (χ1n) is 7.20. The van der Waals surface area contributed by atoms with Gasteiger partial charge < -0.3 is 10.1 Å². The van der Waals surface area contributed by atoms with E-state index in [2.05, 4.69) is 5.32 Å². The summed E-state index contributed by atoms with van der Waals surface area (Å²) in [6, 6.07) is 0.122. The third kappa shape index (κ3) is 2.65. The number of amides is 1. The van der Waals surface area contributed by atoms with Crippen molar-refractivity contribution in [3.63, 3.8) is 0 Å². The highest BCUT2D eigenvalue weighted by Crippen LogP contribution is 2.63. The van der Waals surface area contributed by atoms with Crippen molar-refractivity contribution in [3.8, 4) is 0 Å². The molecule has 0 aromatic carbocycles. The molecule has 0 saturated heterocycles. The van der Waals surface area contributed by atoms with Crippen molar-refractivity contribution >= 4 is 16.2 Å². The maximum Gasteiger partial charge on any atom is 0.407 e. The highest BCUT2D eigenvalue weighted by Gasteiger charge is 2.63. The van der Waals surface area contributed by atoms with Gasteiger partial charge in [-0.05, 0) is 49.9 Å². The summed E-state index contributed by atoms with van der Waals surface area (Å²) in [4.78, 5) is 11.6. The maximum atomic E-state index is 11.6. The Morgan fingerprint density at radius 3 is 2.25 bits per heavy atom. The number of ether oxygens (including phenoxy) is 1. The number of nitrogens with one attached hydrogen (secondary N) is 1. The molecule has 6 nitrogen and oxygen atoms in total. The van der Waals surface area contributed by atoms with Gasteiger partial charge in [0.15, 0.2) is 0 Å². The van der Waals surface area contributed by atoms with Crippen LogP contribution in [0.15, 0.2) is 0 Å². The lowest BCUT2D eigenvalue weighted by Crippen LogP contribution is -2.49. The van der Waals surface area contributed by atoms with Gasteiger partial charge in [0.05, 0.1) is 19.0 Å². The Hall–Kier alpha value is -0.820. The lowest BCUT2D eigenvalue weighted by Gasteiger charge is -2.37. The monoisotopic (exact) mass is 303 g/mol. The molecular weight excluding hydrogens is 282 g/mol. The van der Waals surface area contributed by atoms with E-state index in [1.54, 1.807) is 6.92 Å². The third-order valence-corrected chi connectivity index (χ3v) is 5.48. The molecule has 1 N–H and O–H groups in total. The molecule has 0 aromatic heterocycles. The fraction of sp³-hybridized carbons (Fsp3) is 0.923. The summed E-state index contributed by atoms with van der Waals surface area (Å²) in [6.45, 7) is 2.14. The number of carbonyl (C=O) groups is 1. The molecule has 0 heterocycles. The smallest absolute Gasteiger partial charge is 0.407 e. The van der Waals surface area contributed by atoms with Crippen LogP contribution in [0.2, 0.25) is 0 Å². The maximum absolute atomic E-state index is 11.6. The number of alkyl carbamates (subject to hydrolysis) is 1. The molecule has 2 bridgehead atoms. The number of hydrogen-bond acceptors (Lipinski definition) is 5. The van der Waals surface area contributed by atoms with Crippen molar-refractivity contribution < 1.29 is 22.1 Å². The van der Waals surface area contributed by atoms with Gasteiger partial charge >= 0.3 is 6.09 Å². The van der Waals surface area contributed by atoms with Crippen molar-refractivity contribution in [2.45, 2.75) is 38.3 Å². The average molecular weight is 303 g/mol. The Labute approximate surface area is 119 Å². The Morgan fingerprint density at radius 1 is 1.15 bits per heavy atom. The third-order valence-electron chi connectivity index (χ3n) is 4.85. The summed E-state index contributed by atoms with van der Waals surface area (Å²) >= 11 is 0. The molecule has 3 fully saturated rings. The molecule has 3 aliphatic carbocycles. The first-order valence-corrected chi connectivity index (χ1v) is 9.02. The summed E-state index contributed by atoms with van der Waals surface area (Å²) in [5, 5.41) is 2.96. The quantitative estimate of drug-likeness (QED) is 0.787. The second-order valence-corrected chi connectivity index (χ2v) is 7.78. The predicted octanol–water partition coefficient (Wildman–Crippen LogP) is 1.12. The topological polar surface area (TPSA) is 81.7 Å². The fourth-order valence-electron chi connectivity index (χ4n) is 4.27. The SMILES string of the molecule is CCOC(=O)NC1C2CC(OS(C)(=O)=O)CC1[C@@H]1C[C@H]21. The van der Waals surface area contributed by atoms with Crippen molar-refractivity contribution in [1.29, 1.82) is 0 Å². The van der Waals surface area contributed by atoms with Crippen LogP contribution in [-0.4, -0.2) is 39.5 Å². The van der Waals surface area contributed by atoms with Crippen molar-refractivity contribution in [1.82, 2.24) is 5.32 Å². The van der Waals surface area contributed by atoms with Crippen LogP contribution in [0.25, 0.3) is 0 Å². The van der Waals surface area contributed by atoms with E-state index in [9.17, 15) is 13.2 Å². The van der Waals surface area contributed by atoms with Crippen LogP contribution >= 0.6 is 0 Å². The van der Waals surface area contributed by atoms with Gasteiger partial charge in [-0.3, -0.25) is 4.18 Å². The largest absolute Gasteiger partial charge is 0.450 e. The van der Waals surface area contributed by atoms with Gasteiger partial charge in [-0.2, -0.15) is 8.42 Å². The number of rotatable bonds is 4. The van der Waals surface area contributed by atoms with E-state index in [0.717, 1.165) is 6.26 Å². The first-order chi connectivity index (χ1) is 9.39. The van der Waals surface area contributed by atoms with Crippen LogP contribution in [0.1, 0.15) is 26.2 Å². The molecule has 3 aliphatic rings. The first kappa shape index (κ1) is 14.1. The lowest BCUT2D eigenvalue weighted by atomic mass is 9.78. The van der Waals surface area contributed by atoms with Gasteiger partial charge in [0.1, 0.15) is 0 Å². The molecule has 7 heteroatoms. The molecule has 3 rings (SSSR count). The number of carbonyl (C=O) groups excluding carboxylic acids is 1.